The van der Waals surface area contributed by atoms with Crippen molar-refractivity contribution in [3.8, 4) is 11.5 Å². The molecule has 3 rings (SSSR count). The molecule has 1 atom stereocenters. The Kier molecular flexibility index (Phi) is 8.43. The average molecular weight is 431 g/mol. The van der Waals surface area contributed by atoms with E-state index in [4.69, 9.17) is 14.5 Å². The minimum Gasteiger partial charge on any atom is -0.493 e. The van der Waals surface area contributed by atoms with Gasteiger partial charge < -0.3 is 25.0 Å². The van der Waals surface area contributed by atoms with Gasteiger partial charge in [0.25, 0.3) is 0 Å². The van der Waals surface area contributed by atoms with Gasteiger partial charge in [-0.3, -0.25) is 4.79 Å². The number of aliphatic imine (C=N–C) groups is 1. The molecule has 1 aromatic carbocycles. The maximum atomic E-state index is 12.3. The topological polar surface area (TPSA) is 75.2 Å². The van der Waals surface area contributed by atoms with Crippen molar-refractivity contribution in [2.45, 2.75) is 71.6 Å². The van der Waals surface area contributed by atoms with Gasteiger partial charge in [-0.1, -0.05) is 26.0 Å². The highest BCUT2D eigenvalue weighted by Gasteiger charge is 2.28. The Morgan fingerprint density at radius 2 is 2.03 bits per heavy atom. The summed E-state index contributed by atoms with van der Waals surface area (Å²) >= 11 is 0. The molecule has 1 aliphatic heterocycles. The number of benzene rings is 1. The van der Waals surface area contributed by atoms with Crippen LogP contribution in [0.5, 0.6) is 11.5 Å². The molecule has 2 N–H and O–H groups in total. The molecule has 31 heavy (non-hydrogen) atoms. The standard InChI is InChI=1S/C24H38N4O3/c1-5-25-24(27-19-13-14-28(16-19)23(29)17(2)3)26-15-18-9-8-12-21(30-4)22(18)31-20-10-6-7-11-20/h8-9,12,17,19-20H,5-7,10-11,13-16H2,1-4H3,(H2,25,26,27). The number of methoxy groups -OCH3 is 1. The van der Waals surface area contributed by atoms with E-state index in [1.807, 2.05) is 30.9 Å². The molecule has 1 saturated carbocycles. The molecule has 1 aliphatic carbocycles. The minimum atomic E-state index is 0.0343. The van der Waals surface area contributed by atoms with Gasteiger partial charge >= 0.3 is 0 Å². The van der Waals surface area contributed by atoms with Gasteiger partial charge in [0.1, 0.15) is 0 Å². The Morgan fingerprint density at radius 1 is 1.26 bits per heavy atom. The minimum absolute atomic E-state index is 0.0343. The number of rotatable bonds is 8. The Morgan fingerprint density at radius 3 is 2.71 bits per heavy atom. The van der Waals surface area contributed by atoms with Crippen molar-refractivity contribution in [1.29, 1.82) is 0 Å². The average Bonchev–Trinajstić information content (AvgIpc) is 3.44. The fraction of sp³-hybridized carbons (Fsp3) is 0.667. The van der Waals surface area contributed by atoms with E-state index >= 15 is 0 Å². The molecule has 0 spiro atoms. The molecular weight excluding hydrogens is 392 g/mol. The van der Waals surface area contributed by atoms with Gasteiger partial charge in [-0.2, -0.15) is 0 Å². The Labute approximate surface area is 186 Å². The summed E-state index contributed by atoms with van der Waals surface area (Å²) in [6.07, 6.45) is 5.82. The lowest BCUT2D eigenvalue weighted by Gasteiger charge is -2.21. The molecule has 0 radical (unpaired) electrons. The summed E-state index contributed by atoms with van der Waals surface area (Å²) in [7, 11) is 1.68. The number of likely N-dealkylation sites (tertiary alicyclic amines) is 1. The van der Waals surface area contributed by atoms with Gasteiger partial charge in [0.05, 0.1) is 19.8 Å². The predicted octanol–water partition coefficient (Wildman–Crippen LogP) is 3.33. The number of amides is 1. The molecule has 2 fully saturated rings. The number of hydrogen-bond donors (Lipinski definition) is 2. The third kappa shape index (κ3) is 6.28. The normalized spacial score (nSPS) is 19.7. The van der Waals surface area contributed by atoms with Crippen LogP contribution < -0.4 is 20.1 Å². The Hall–Kier alpha value is -2.44. The fourth-order valence-corrected chi connectivity index (χ4v) is 4.27. The monoisotopic (exact) mass is 430 g/mol. The third-order valence-electron chi connectivity index (χ3n) is 5.95. The quantitative estimate of drug-likeness (QED) is 0.489. The van der Waals surface area contributed by atoms with Gasteiger partial charge in [0.2, 0.25) is 5.91 Å². The highest BCUT2D eigenvalue weighted by Crippen LogP contribution is 2.35. The summed E-state index contributed by atoms with van der Waals surface area (Å²) in [6, 6.07) is 6.19. The second kappa shape index (κ2) is 11.3. The van der Waals surface area contributed by atoms with Gasteiger partial charge in [-0.25, -0.2) is 4.99 Å². The maximum absolute atomic E-state index is 12.3. The van der Waals surface area contributed by atoms with Crippen molar-refractivity contribution in [3.63, 3.8) is 0 Å². The van der Waals surface area contributed by atoms with Crippen molar-refractivity contribution in [1.82, 2.24) is 15.5 Å². The van der Waals surface area contributed by atoms with Gasteiger partial charge in [0, 0.05) is 37.2 Å². The van der Waals surface area contributed by atoms with Crippen LogP contribution in [0.1, 0.15) is 58.4 Å². The summed E-state index contributed by atoms with van der Waals surface area (Å²) in [4.78, 5) is 19.0. The highest BCUT2D eigenvalue weighted by molar-refractivity contribution is 5.81. The van der Waals surface area contributed by atoms with Crippen LogP contribution in [0.15, 0.2) is 23.2 Å². The van der Waals surface area contributed by atoms with E-state index in [2.05, 4.69) is 23.6 Å². The van der Waals surface area contributed by atoms with Gasteiger partial charge in [-0.15, -0.1) is 0 Å². The number of ether oxygens (including phenoxy) is 2. The smallest absolute Gasteiger partial charge is 0.225 e. The van der Waals surface area contributed by atoms with E-state index in [0.717, 1.165) is 61.9 Å². The van der Waals surface area contributed by atoms with Crippen molar-refractivity contribution in [3.05, 3.63) is 23.8 Å². The fourth-order valence-electron chi connectivity index (χ4n) is 4.27. The SMILES string of the molecule is CCNC(=NCc1cccc(OC)c1OC1CCCC1)NC1CCN(C(=O)C(C)C)C1. The molecule has 0 aromatic heterocycles. The summed E-state index contributed by atoms with van der Waals surface area (Å²) < 4.78 is 11.9. The number of carbonyl (C=O) groups is 1. The Balaban J connectivity index is 1.68. The lowest BCUT2D eigenvalue weighted by molar-refractivity contribution is -0.133. The van der Waals surface area contributed by atoms with Crippen LogP contribution in [0, 0.1) is 5.92 Å². The van der Waals surface area contributed by atoms with Crippen molar-refractivity contribution < 1.29 is 14.3 Å². The summed E-state index contributed by atoms with van der Waals surface area (Å²) in [5.41, 5.74) is 1.02. The number of guanidine groups is 1. The summed E-state index contributed by atoms with van der Waals surface area (Å²) in [5, 5.41) is 6.84. The maximum Gasteiger partial charge on any atom is 0.225 e. The molecule has 1 amide bonds. The van der Waals surface area contributed by atoms with Crippen LogP contribution >= 0.6 is 0 Å². The number of para-hydroxylation sites is 1. The number of nitrogens with zero attached hydrogens (tertiary/aromatic N) is 2. The second-order valence-electron chi connectivity index (χ2n) is 8.74. The zero-order valence-electron chi connectivity index (χ0n) is 19.4. The first kappa shape index (κ1) is 23.2. The molecule has 1 unspecified atom stereocenters. The molecule has 7 nitrogen and oxygen atoms in total. The molecule has 0 bridgehead atoms. The molecular formula is C24H38N4O3. The molecule has 1 aromatic rings. The number of hydrogen-bond acceptors (Lipinski definition) is 4. The number of nitrogens with one attached hydrogen (secondary N) is 2. The largest absolute Gasteiger partial charge is 0.493 e. The van der Waals surface area contributed by atoms with Crippen LogP contribution in [0.3, 0.4) is 0 Å². The van der Waals surface area contributed by atoms with Crippen molar-refractivity contribution in [2.24, 2.45) is 10.9 Å². The van der Waals surface area contributed by atoms with E-state index < -0.39 is 0 Å². The number of carbonyl (C=O) groups excluding carboxylic acids is 1. The molecule has 2 aliphatic rings. The Bertz CT molecular complexity index is 759. The van der Waals surface area contributed by atoms with E-state index in [1.165, 1.54) is 12.8 Å². The highest BCUT2D eigenvalue weighted by atomic mass is 16.5. The van der Waals surface area contributed by atoms with Crippen LogP contribution in [-0.2, 0) is 11.3 Å². The van der Waals surface area contributed by atoms with Gasteiger partial charge in [0.15, 0.2) is 17.5 Å². The zero-order chi connectivity index (χ0) is 22.2. The first-order valence-electron chi connectivity index (χ1n) is 11.7. The van der Waals surface area contributed by atoms with Crippen LogP contribution in [0.25, 0.3) is 0 Å². The van der Waals surface area contributed by atoms with Crippen LogP contribution in [0.4, 0.5) is 0 Å². The lowest BCUT2D eigenvalue weighted by Crippen LogP contribution is -2.45. The second-order valence-corrected chi connectivity index (χ2v) is 8.74. The summed E-state index contributed by atoms with van der Waals surface area (Å²) in [5.74, 6) is 2.59. The van der Waals surface area contributed by atoms with E-state index in [-0.39, 0.29) is 24.0 Å². The van der Waals surface area contributed by atoms with Crippen molar-refractivity contribution >= 4 is 11.9 Å². The molecule has 172 valence electrons. The van der Waals surface area contributed by atoms with Crippen molar-refractivity contribution in [2.75, 3.05) is 26.7 Å². The van der Waals surface area contributed by atoms with E-state index in [0.29, 0.717) is 6.54 Å². The van der Waals surface area contributed by atoms with E-state index in [1.54, 1.807) is 7.11 Å². The summed E-state index contributed by atoms with van der Waals surface area (Å²) in [6.45, 7) is 8.75. The lowest BCUT2D eigenvalue weighted by atomic mass is 10.1. The molecule has 7 heteroatoms. The first-order chi connectivity index (χ1) is 15.0. The van der Waals surface area contributed by atoms with Crippen LogP contribution in [0.2, 0.25) is 0 Å². The third-order valence-corrected chi connectivity index (χ3v) is 5.95. The predicted molar refractivity (Wildman–Crippen MR) is 124 cm³/mol. The van der Waals surface area contributed by atoms with Gasteiger partial charge in [-0.05, 0) is 45.1 Å². The first-order valence-corrected chi connectivity index (χ1v) is 11.7. The zero-order valence-corrected chi connectivity index (χ0v) is 19.4. The molecule has 1 heterocycles. The van der Waals surface area contributed by atoms with E-state index in [9.17, 15) is 4.79 Å². The molecule has 1 saturated heterocycles. The van der Waals surface area contributed by atoms with Crippen LogP contribution in [-0.4, -0.2) is 55.7 Å².